The molecule has 1 aromatic carbocycles. The van der Waals surface area contributed by atoms with Crippen LogP contribution in [0.4, 0.5) is 0 Å². The summed E-state index contributed by atoms with van der Waals surface area (Å²) in [6.07, 6.45) is 1.98. The van der Waals surface area contributed by atoms with E-state index in [0.717, 1.165) is 25.9 Å². The molecule has 2 N–H and O–H groups in total. The van der Waals surface area contributed by atoms with Crippen molar-refractivity contribution in [3.63, 3.8) is 0 Å². The molecule has 0 aromatic heterocycles. The average Bonchev–Trinajstić information content (AvgIpc) is 2.91. The molecule has 120 valence electrons. The Morgan fingerprint density at radius 1 is 1.48 bits per heavy atom. The molecule has 1 aromatic rings. The second-order valence-corrected chi connectivity index (χ2v) is 7.43. The number of rotatable bonds is 6. The molecule has 0 bridgehead atoms. The van der Waals surface area contributed by atoms with E-state index in [1.54, 1.807) is 25.3 Å². The van der Waals surface area contributed by atoms with E-state index in [2.05, 4.69) is 26.0 Å². The van der Waals surface area contributed by atoms with Crippen LogP contribution >= 0.6 is 28.3 Å². The molecule has 1 unspecified atom stereocenters. The van der Waals surface area contributed by atoms with Gasteiger partial charge in [0.05, 0.1) is 12.0 Å². The van der Waals surface area contributed by atoms with Crippen LogP contribution in [0.1, 0.15) is 12.8 Å². The zero-order valence-corrected chi connectivity index (χ0v) is 15.0. The quantitative estimate of drug-likeness (QED) is 0.769. The number of hydrogen-bond donors (Lipinski definition) is 2. The van der Waals surface area contributed by atoms with Crippen molar-refractivity contribution < 1.29 is 13.2 Å². The van der Waals surface area contributed by atoms with Crippen molar-refractivity contribution in [2.45, 2.75) is 17.7 Å². The summed E-state index contributed by atoms with van der Waals surface area (Å²) in [6, 6.07) is 4.83. The molecule has 0 aliphatic carbocycles. The van der Waals surface area contributed by atoms with Gasteiger partial charge in [0, 0.05) is 11.0 Å². The lowest BCUT2D eigenvalue weighted by molar-refractivity contribution is 0.414. The second kappa shape index (κ2) is 8.33. The predicted molar refractivity (Wildman–Crippen MR) is 88.7 cm³/mol. The van der Waals surface area contributed by atoms with E-state index >= 15 is 0 Å². The summed E-state index contributed by atoms with van der Waals surface area (Å²) in [4.78, 5) is 0.239. The fourth-order valence-electron chi connectivity index (χ4n) is 2.26. The Balaban J connectivity index is 0.00000220. The van der Waals surface area contributed by atoms with Gasteiger partial charge in [-0.05, 0) is 66.0 Å². The molecule has 1 aliphatic rings. The van der Waals surface area contributed by atoms with Crippen molar-refractivity contribution in [2.24, 2.45) is 5.92 Å². The summed E-state index contributed by atoms with van der Waals surface area (Å²) in [5.41, 5.74) is 0. The van der Waals surface area contributed by atoms with E-state index in [1.807, 2.05) is 0 Å². The smallest absolute Gasteiger partial charge is 0.241 e. The van der Waals surface area contributed by atoms with Crippen molar-refractivity contribution in [3.8, 4) is 5.75 Å². The fourth-order valence-corrected chi connectivity index (χ4v) is 4.36. The van der Waals surface area contributed by atoms with E-state index < -0.39 is 10.0 Å². The van der Waals surface area contributed by atoms with E-state index in [-0.39, 0.29) is 17.3 Å². The SMILES string of the molecule is COc1ccc(S(=O)(=O)NCCC2CCNC2)c(Br)c1.Cl. The third-order valence-corrected chi connectivity index (χ3v) is 5.87. The van der Waals surface area contributed by atoms with Crippen LogP contribution in [-0.4, -0.2) is 35.2 Å². The lowest BCUT2D eigenvalue weighted by atomic mass is 10.1. The molecule has 0 radical (unpaired) electrons. The predicted octanol–water partition coefficient (Wildman–Crippen LogP) is 2.16. The Morgan fingerprint density at radius 3 is 2.81 bits per heavy atom. The third kappa shape index (κ3) is 5.10. The number of hydrogen-bond acceptors (Lipinski definition) is 4. The molecule has 1 saturated heterocycles. The van der Waals surface area contributed by atoms with E-state index in [4.69, 9.17) is 4.74 Å². The second-order valence-electron chi connectivity index (χ2n) is 4.84. The van der Waals surface area contributed by atoms with Crippen LogP contribution < -0.4 is 14.8 Å². The third-order valence-electron chi connectivity index (χ3n) is 3.44. The van der Waals surface area contributed by atoms with E-state index in [0.29, 0.717) is 22.7 Å². The monoisotopic (exact) mass is 398 g/mol. The van der Waals surface area contributed by atoms with Gasteiger partial charge in [-0.15, -0.1) is 12.4 Å². The van der Waals surface area contributed by atoms with Crippen LogP contribution in [0, 0.1) is 5.92 Å². The molecule has 1 heterocycles. The fraction of sp³-hybridized carbons (Fsp3) is 0.538. The number of sulfonamides is 1. The Kier molecular flexibility index (Phi) is 7.42. The minimum atomic E-state index is -3.48. The van der Waals surface area contributed by atoms with Crippen molar-refractivity contribution in [1.29, 1.82) is 0 Å². The minimum absolute atomic E-state index is 0. The van der Waals surface area contributed by atoms with Gasteiger partial charge in [0.2, 0.25) is 10.0 Å². The molecule has 5 nitrogen and oxygen atoms in total. The van der Waals surface area contributed by atoms with Gasteiger partial charge in [0.25, 0.3) is 0 Å². The Bertz CT molecular complexity index is 563. The maximum atomic E-state index is 12.2. The highest BCUT2D eigenvalue weighted by molar-refractivity contribution is 9.10. The first-order chi connectivity index (χ1) is 9.53. The largest absolute Gasteiger partial charge is 0.497 e. The highest BCUT2D eigenvalue weighted by Crippen LogP contribution is 2.26. The van der Waals surface area contributed by atoms with Crippen LogP contribution in [0.15, 0.2) is 27.6 Å². The number of benzene rings is 1. The molecule has 0 amide bonds. The van der Waals surface area contributed by atoms with Gasteiger partial charge in [0.1, 0.15) is 5.75 Å². The van der Waals surface area contributed by atoms with Crippen LogP contribution in [-0.2, 0) is 10.0 Å². The van der Waals surface area contributed by atoms with Gasteiger partial charge in [-0.2, -0.15) is 0 Å². The molecule has 1 fully saturated rings. The van der Waals surface area contributed by atoms with Gasteiger partial charge in [-0.3, -0.25) is 0 Å². The lowest BCUT2D eigenvalue weighted by Crippen LogP contribution is -2.27. The Morgan fingerprint density at radius 2 is 2.24 bits per heavy atom. The normalized spacial score (nSPS) is 18.3. The molecule has 8 heteroatoms. The van der Waals surface area contributed by atoms with Crippen LogP contribution in [0.3, 0.4) is 0 Å². The first kappa shape index (κ1) is 18.7. The minimum Gasteiger partial charge on any atom is -0.497 e. The summed E-state index contributed by atoms with van der Waals surface area (Å²) >= 11 is 3.27. The standard InChI is InChI=1S/C13H19BrN2O3S.ClH/c1-19-11-2-3-13(12(14)8-11)20(17,18)16-7-5-10-4-6-15-9-10;/h2-3,8,10,15-16H,4-7,9H2,1H3;1H. The average molecular weight is 400 g/mol. The van der Waals surface area contributed by atoms with Gasteiger partial charge >= 0.3 is 0 Å². The van der Waals surface area contributed by atoms with Crippen molar-refractivity contribution in [2.75, 3.05) is 26.7 Å². The highest BCUT2D eigenvalue weighted by Gasteiger charge is 2.19. The molecule has 1 atom stereocenters. The zero-order valence-electron chi connectivity index (χ0n) is 11.8. The van der Waals surface area contributed by atoms with Gasteiger partial charge in [0.15, 0.2) is 0 Å². The highest BCUT2D eigenvalue weighted by atomic mass is 79.9. The van der Waals surface area contributed by atoms with Crippen molar-refractivity contribution in [1.82, 2.24) is 10.0 Å². The number of ether oxygens (including phenoxy) is 1. The first-order valence-electron chi connectivity index (χ1n) is 6.57. The Labute approximate surface area is 140 Å². The maximum Gasteiger partial charge on any atom is 0.241 e. The first-order valence-corrected chi connectivity index (χ1v) is 8.84. The molecular weight excluding hydrogens is 380 g/mol. The zero-order chi connectivity index (χ0) is 14.6. The summed E-state index contributed by atoms with van der Waals surface area (Å²) in [7, 11) is -1.94. The topological polar surface area (TPSA) is 67.4 Å². The number of methoxy groups -OCH3 is 1. The Hall–Kier alpha value is -0.340. The van der Waals surface area contributed by atoms with Gasteiger partial charge < -0.3 is 10.1 Å². The van der Waals surface area contributed by atoms with Crippen molar-refractivity contribution in [3.05, 3.63) is 22.7 Å². The molecule has 21 heavy (non-hydrogen) atoms. The van der Waals surface area contributed by atoms with E-state index in [9.17, 15) is 8.42 Å². The molecular formula is C13H20BrClN2O3S. The van der Waals surface area contributed by atoms with Crippen LogP contribution in [0.5, 0.6) is 5.75 Å². The van der Waals surface area contributed by atoms with Crippen LogP contribution in [0.2, 0.25) is 0 Å². The molecule has 2 rings (SSSR count). The molecule has 0 saturated carbocycles. The molecule has 1 aliphatic heterocycles. The summed E-state index contributed by atoms with van der Waals surface area (Å²) in [6.45, 7) is 2.47. The maximum absolute atomic E-state index is 12.2. The summed E-state index contributed by atoms with van der Waals surface area (Å²) < 4.78 is 32.7. The van der Waals surface area contributed by atoms with Crippen molar-refractivity contribution >= 4 is 38.4 Å². The van der Waals surface area contributed by atoms with Gasteiger partial charge in [-0.25, -0.2) is 13.1 Å². The summed E-state index contributed by atoms with van der Waals surface area (Å²) in [5.74, 6) is 1.19. The lowest BCUT2D eigenvalue weighted by Gasteiger charge is -2.11. The molecule has 0 spiro atoms. The van der Waals surface area contributed by atoms with Gasteiger partial charge in [-0.1, -0.05) is 0 Å². The number of nitrogens with one attached hydrogen (secondary N) is 2. The summed E-state index contributed by atoms with van der Waals surface area (Å²) in [5, 5.41) is 3.27. The number of halogens is 2. The van der Waals surface area contributed by atoms with Crippen LogP contribution in [0.25, 0.3) is 0 Å². The van der Waals surface area contributed by atoms with E-state index in [1.165, 1.54) is 0 Å².